The van der Waals surface area contributed by atoms with E-state index < -0.39 is 29.2 Å². The maximum atomic E-state index is 11.9. The molecule has 0 bridgehead atoms. The highest BCUT2D eigenvalue weighted by molar-refractivity contribution is 5.81. The van der Waals surface area contributed by atoms with Crippen LogP contribution in [-0.4, -0.2) is 36.4 Å². The number of alkyl carbamates (subject to hydrolysis) is 1. The van der Waals surface area contributed by atoms with Gasteiger partial charge in [-0.15, -0.1) is 0 Å². The van der Waals surface area contributed by atoms with E-state index in [9.17, 15) is 9.59 Å². The Morgan fingerprint density at radius 1 is 1.11 bits per heavy atom. The molecule has 0 aliphatic heterocycles. The Kier molecular flexibility index (Phi) is 8.32. The fourth-order valence-corrected chi connectivity index (χ4v) is 2.12. The average molecular weight is 374 g/mol. The fraction of sp³-hybridized carbons (Fsp3) is 0.524. The van der Waals surface area contributed by atoms with Gasteiger partial charge in [0, 0.05) is 13.0 Å². The summed E-state index contributed by atoms with van der Waals surface area (Å²) in [4.78, 5) is 23.8. The maximum absolute atomic E-state index is 11.9. The largest absolute Gasteiger partial charge is 0.467 e. The van der Waals surface area contributed by atoms with Gasteiger partial charge >= 0.3 is 12.1 Å². The number of hydrogen-bond donors (Lipinski definition) is 2. The molecule has 0 spiro atoms. The number of hydrogen-bond acceptors (Lipinski definition) is 5. The lowest BCUT2D eigenvalue weighted by atomic mass is 10.0. The second-order valence-corrected chi connectivity index (χ2v) is 7.69. The van der Waals surface area contributed by atoms with Gasteiger partial charge in [-0.3, -0.25) is 5.32 Å². The molecular weight excluding hydrogens is 344 g/mol. The van der Waals surface area contributed by atoms with E-state index in [2.05, 4.69) is 22.5 Å². The molecule has 0 aromatic heterocycles. The Labute approximate surface area is 162 Å². The lowest BCUT2D eigenvalue weighted by Gasteiger charge is -2.22. The number of carbonyl (C=O) groups is 2. The number of ether oxygens (including phenoxy) is 2. The van der Waals surface area contributed by atoms with E-state index in [0.717, 1.165) is 5.56 Å². The first-order valence-corrected chi connectivity index (χ1v) is 8.89. The summed E-state index contributed by atoms with van der Waals surface area (Å²) in [5.41, 5.74) is 0.0498. The molecule has 27 heavy (non-hydrogen) atoms. The summed E-state index contributed by atoms with van der Waals surface area (Å²) < 4.78 is 9.92. The monoisotopic (exact) mass is 374 g/mol. The van der Waals surface area contributed by atoms with Gasteiger partial charge in [-0.05, 0) is 40.2 Å². The minimum atomic E-state index is -0.887. The van der Waals surface area contributed by atoms with Crippen molar-refractivity contribution in [2.45, 2.75) is 64.8 Å². The van der Waals surface area contributed by atoms with Gasteiger partial charge in [-0.25, -0.2) is 9.59 Å². The molecule has 1 amide bonds. The summed E-state index contributed by atoms with van der Waals surface area (Å²) in [5, 5.41) is 5.87. The van der Waals surface area contributed by atoms with E-state index in [4.69, 9.17) is 9.47 Å². The highest BCUT2D eigenvalue weighted by atomic mass is 16.6. The van der Waals surface area contributed by atoms with Gasteiger partial charge in [0.05, 0.1) is 12.6 Å². The summed E-state index contributed by atoms with van der Waals surface area (Å²) in [6.07, 6.45) is -0.552. The molecule has 1 rings (SSSR count). The molecule has 1 aromatic rings. The van der Waals surface area contributed by atoms with Crippen molar-refractivity contribution in [3.63, 3.8) is 0 Å². The predicted molar refractivity (Wildman–Crippen MR) is 105 cm³/mol. The summed E-state index contributed by atoms with van der Waals surface area (Å²) in [6.45, 7) is 9.84. The van der Waals surface area contributed by atoms with Crippen molar-refractivity contribution >= 4 is 12.1 Å². The first kappa shape index (κ1) is 22.5. The standard InChI is InChI=1S/C21H30N2O4/c1-20(2,3)27-19(25)23-17(18(24)26-6)13-10-14-21(4,5)22-15-16-11-8-7-9-12-16/h7-9,11-12,17,22H,13,15H2,1-6H3,(H,23,25)/t17-/m0/s1. The molecule has 2 N–H and O–H groups in total. The van der Waals surface area contributed by atoms with Crippen LogP contribution in [0.2, 0.25) is 0 Å². The van der Waals surface area contributed by atoms with Crippen LogP contribution in [0.15, 0.2) is 30.3 Å². The normalized spacial score (nSPS) is 12.4. The zero-order valence-electron chi connectivity index (χ0n) is 17.0. The zero-order chi connectivity index (χ0) is 20.5. The van der Waals surface area contributed by atoms with E-state index in [-0.39, 0.29) is 6.42 Å². The quantitative estimate of drug-likeness (QED) is 0.591. The van der Waals surface area contributed by atoms with Crippen LogP contribution >= 0.6 is 0 Å². The second kappa shape index (κ2) is 9.98. The van der Waals surface area contributed by atoms with E-state index in [1.807, 2.05) is 44.2 Å². The van der Waals surface area contributed by atoms with Gasteiger partial charge in [0.25, 0.3) is 0 Å². The van der Waals surface area contributed by atoms with Crippen LogP contribution in [0, 0.1) is 11.8 Å². The molecule has 0 unspecified atom stereocenters. The van der Waals surface area contributed by atoms with Gasteiger partial charge in [0.15, 0.2) is 0 Å². The maximum Gasteiger partial charge on any atom is 0.408 e. The molecule has 6 nitrogen and oxygen atoms in total. The van der Waals surface area contributed by atoms with Crippen LogP contribution in [0.25, 0.3) is 0 Å². The third kappa shape index (κ3) is 9.66. The van der Waals surface area contributed by atoms with Crippen molar-refractivity contribution < 1.29 is 19.1 Å². The summed E-state index contributed by atoms with van der Waals surface area (Å²) in [7, 11) is 1.27. The topological polar surface area (TPSA) is 76.7 Å². The van der Waals surface area contributed by atoms with Crippen LogP contribution in [-0.2, 0) is 20.8 Å². The van der Waals surface area contributed by atoms with Gasteiger partial charge in [-0.2, -0.15) is 0 Å². The molecular formula is C21H30N2O4. The molecule has 0 heterocycles. The van der Waals surface area contributed by atoms with Crippen molar-refractivity contribution in [1.29, 1.82) is 0 Å². The van der Waals surface area contributed by atoms with E-state index >= 15 is 0 Å². The Balaban J connectivity index is 2.66. The minimum Gasteiger partial charge on any atom is -0.467 e. The Morgan fingerprint density at radius 3 is 2.30 bits per heavy atom. The van der Waals surface area contributed by atoms with Gasteiger partial charge in [0.1, 0.15) is 11.6 Å². The molecule has 0 radical (unpaired) electrons. The molecule has 0 fully saturated rings. The van der Waals surface area contributed by atoms with Crippen LogP contribution in [0.1, 0.15) is 46.6 Å². The predicted octanol–water partition coefficient (Wildman–Crippen LogP) is 3.01. The number of carbonyl (C=O) groups excluding carboxylic acids is 2. The van der Waals surface area contributed by atoms with Crippen molar-refractivity contribution in [2.24, 2.45) is 0 Å². The number of methoxy groups -OCH3 is 1. The molecule has 0 aliphatic carbocycles. The van der Waals surface area contributed by atoms with Crippen molar-refractivity contribution in [3.05, 3.63) is 35.9 Å². The van der Waals surface area contributed by atoms with E-state index in [1.54, 1.807) is 20.8 Å². The highest BCUT2D eigenvalue weighted by Gasteiger charge is 2.24. The number of nitrogens with one attached hydrogen (secondary N) is 2. The van der Waals surface area contributed by atoms with Gasteiger partial charge in [-0.1, -0.05) is 42.2 Å². The Morgan fingerprint density at radius 2 is 1.74 bits per heavy atom. The summed E-state index contributed by atoms with van der Waals surface area (Å²) in [5.74, 6) is 5.50. The number of rotatable bonds is 6. The van der Waals surface area contributed by atoms with E-state index in [1.165, 1.54) is 7.11 Å². The lowest BCUT2D eigenvalue weighted by Crippen LogP contribution is -2.44. The van der Waals surface area contributed by atoms with Gasteiger partial charge in [0.2, 0.25) is 0 Å². The summed E-state index contributed by atoms with van der Waals surface area (Å²) in [6, 6.07) is 9.13. The Bertz CT molecular complexity index is 682. The molecule has 6 heteroatoms. The molecule has 1 atom stereocenters. The van der Waals surface area contributed by atoms with Gasteiger partial charge < -0.3 is 14.8 Å². The van der Waals surface area contributed by atoms with Crippen LogP contribution in [0.4, 0.5) is 4.79 Å². The average Bonchev–Trinajstić information content (AvgIpc) is 2.57. The molecule has 0 saturated carbocycles. The molecule has 1 aromatic carbocycles. The van der Waals surface area contributed by atoms with Crippen molar-refractivity contribution in [2.75, 3.05) is 7.11 Å². The van der Waals surface area contributed by atoms with Crippen LogP contribution in [0.5, 0.6) is 0 Å². The van der Waals surface area contributed by atoms with Crippen molar-refractivity contribution in [1.82, 2.24) is 10.6 Å². The van der Waals surface area contributed by atoms with E-state index in [0.29, 0.717) is 6.54 Å². The number of amides is 1. The zero-order valence-corrected chi connectivity index (χ0v) is 17.0. The third-order valence-corrected chi connectivity index (χ3v) is 3.46. The first-order chi connectivity index (χ1) is 12.5. The second-order valence-electron chi connectivity index (χ2n) is 7.69. The molecule has 0 saturated heterocycles. The number of esters is 1. The SMILES string of the molecule is COC(=O)[C@H](CC#CC(C)(C)NCc1ccccc1)NC(=O)OC(C)(C)C. The highest BCUT2D eigenvalue weighted by Crippen LogP contribution is 2.08. The smallest absolute Gasteiger partial charge is 0.408 e. The minimum absolute atomic E-state index is 0.127. The Hall–Kier alpha value is -2.52. The van der Waals surface area contributed by atoms with Crippen LogP contribution < -0.4 is 10.6 Å². The fourth-order valence-electron chi connectivity index (χ4n) is 2.12. The van der Waals surface area contributed by atoms with Crippen molar-refractivity contribution in [3.8, 4) is 11.8 Å². The third-order valence-electron chi connectivity index (χ3n) is 3.46. The molecule has 148 valence electrons. The molecule has 0 aliphatic rings. The summed E-state index contributed by atoms with van der Waals surface area (Å²) >= 11 is 0. The number of benzene rings is 1. The lowest BCUT2D eigenvalue weighted by molar-refractivity contribution is -0.143. The van der Waals surface area contributed by atoms with Crippen LogP contribution in [0.3, 0.4) is 0 Å². The first-order valence-electron chi connectivity index (χ1n) is 8.89.